The summed E-state index contributed by atoms with van der Waals surface area (Å²) in [5.41, 5.74) is 1.07. The highest BCUT2D eigenvalue weighted by atomic mass is 19.1. The van der Waals surface area contributed by atoms with Gasteiger partial charge in [-0.3, -0.25) is 0 Å². The van der Waals surface area contributed by atoms with Gasteiger partial charge in [0.1, 0.15) is 5.82 Å². The number of hydrogen-bond donors (Lipinski definition) is 1. The molecule has 0 atom stereocenters. The van der Waals surface area contributed by atoms with E-state index in [4.69, 9.17) is 4.74 Å². The van der Waals surface area contributed by atoms with Crippen LogP contribution in [0.3, 0.4) is 0 Å². The molecule has 6 heteroatoms. The molecule has 1 aromatic carbocycles. The van der Waals surface area contributed by atoms with Crippen LogP contribution in [0.25, 0.3) is 0 Å². The number of nitrogens with zero attached hydrogens (tertiary/aromatic N) is 2. The molecule has 2 aliphatic heterocycles. The van der Waals surface area contributed by atoms with Crippen molar-refractivity contribution in [2.24, 2.45) is 0 Å². The van der Waals surface area contributed by atoms with Gasteiger partial charge in [-0.05, 0) is 31.0 Å². The van der Waals surface area contributed by atoms with Crippen LogP contribution in [0.2, 0.25) is 0 Å². The molecule has 2 heterocycles. The average molecular weight is 293 g/mol. The number of carbonyl (C=O) groups excluding carboxylic acids is 1. The lowest BCUT2D eigenvalue weighted by Gasteiger charge is -2.29. The number of ether oxygens (including phenoxy) is 1. The average Bonchev–Trinajstić information content (AvgIpc) is 3.02. The van der Waals surface area contributed by atoms with Gasteiger partial charge in [0.05, 0.1) is 18.9 Å². The van der Waals surface area contributed by atoms with E-state index >= 15 is 0 Å². The van der Waals surface area contributed by atoms with E-state index in [0.717, 1.165) is 25.9 Å². The fourth-order valence-electron chi connectivity index (χ4n) is 2.77. The van der Waals surface area contributed by atoms with E-state index in [1.54, 1.807) is 17.0 Å². The lowest BCUT2D eigenvalue weighted by molar-refractivity contribution is 0.122. The number of anilines is 2. The number of amides is 2. The molecule has 0 spiro atoms. The van der Waals surface area contributed by atoms with E-state index in [1.165, 1.54) is 6.07 Å². The van der Waals surface area contributed by atoms with Gasteiger partial charge < -0.3 is 19.9 Å². The summed E-state index contributed by atoms with van der Waals surface area (Å²) in [5.74, 6) is -0.309. The Morgan fingerprint density at radius 3 is 2.52 bits per heavy atom. The Morgan fingerprint density at radius 1 is 1.14 bits per heavy atom. The van der Waals surface area contributed by atoms with Crippen LogP contribution in [-0.4, -0.2) is 50.3 Å². The highest BCUT2D eigenvalue weighted by Gasteiger charge is 2.19. The first-order chi connectivity index (χ1) is 10.2. The molecule has 1 aromatic rings. The first-order valence-electron chi connectivity index (χ1n) is 7.42. The fraction of sp³-hybridized carbons (Fsp3) is 0.533. The quantitative estimate of drug-likeness (QED) is 0.910. The number of likely N-dealkylation sites (tertiary alicyclic amines) is 1. The Hall–Kier alpha value is -1.82. The Labute approximate surface area is 123 Å². The van der Waals surface area contributed by atoms with Crippen LogP contribution in [0.4, 0.5) is 20.6 Å². The van der Waals surface area contributed by atoms with Crippen LogP contribution < -0.4 is 10.2 Å². The third-order valence-corrected chi connectivity index (χ3v) is 3.94. The van der Waals surface area contributed by atoms with Crippen LogP contribution in [0.15, 0.2) is 18.2 Å². The van der Waals surface area contributed by atoms with E-state index in [1.807, 2.05) is 4.90 Å². The first kappa shape index (κ1) is 14.1. The zero-order valence-corrected chi connectivity index (χ0v) is 12.0. The van der Waals surface area contributed by atoms with Crippen LogP contribution in [0, 0.1) is 5.82 Å². The maximum Gasteiger partial charge on any atom is 0.321 e. The molecule has 21 heavy (non-hydrogen) atoms. The highest BCUT2D eigenvalue weighted by Crippen LogP contribution is 2.24. The monoisotopic (exact) mass is 293 g/mol. The summed E-state index contributed by atoms with van der Waals surface area (Å²) in [6.07, 6.45) is 2.08. The van der Waals surface area contributed by atoms with E-state index in [0.29, 0.717) is 37.7 Å². The summed E-state index contributed by atoms with van der Waals surface area (Å²) < 4.78 is 19.5. The van der Waals surface area contributed by atoms with Gasteiger partial charge in [0, 0.05) is 31.9 Å². The normalized spacial score (nSPS) is 18.9. The fourth-order valence-corrected chi connectivity index (χ4v) is 2.77. The van der Waals surface area contributed by atoms with Crippen LogP contribution in [0.5, 0.6) is 0 Å². The van der Waals surface area contributed by atoms with Crippen molar-refractivity contribution in [3.63, 3.8) is 0 Å². The molecule has 2 fully saturated rings. The topological polar surface area (TPSA) is 44.8 Å². The van der Waals surface area contributed by atoms with E-state index in [-0.39, 0.29) is 11.8 Å². The van der Waals surface area contributed by atoms with E-state index in [2.05, 4.69) is 5.32 Å². The van der Waals surface area contributed by atoms with Gasteiger partial charge in [0.2, 0.25) is 0 Å². The summed E-state index contributed by atoms with van der Waals surface area (Å²) in [4.78, 5) is 15.7. The SMILES string of the molecule is O=C(Nc1ccc(N2CCOCC2)c(F)c1)N1CCCC1. The Morgan fingerprint density at radius 2 is 1.86 bits per heavy atom. The van der Waals surface area contributed by atoms with Gasteiger partial charge >= 0.3 is 6.03 Å². The number of rotatable bonds is 2. The Balaban J connectivity index is 1.67. The molecule has 0 bridgehead atoms. The van der Waals surface area contributed by atoms with Gasteiger partial charge in [0.25, 0.3) is 0 Å². The van der Waals surface area contributed by atoms with Crippen molar-refractivity contribution in [2.75, 3.05) is 49.6 Å². The van der Waals surface area contributed by atoms with Gasteiger partial charge in [-0.25, -0.2) is 9.18 Å². The Kier molecular flexibility index (Phi) is 4.24. The second-order valence-electron chi connectivity index (χ2n) is 5.39. The van der Waals surface area contributed by atoms with Crippen molar-refractivity contribution in [1.29, 1.82) is 0 Å². The molecule has 0 radical (unpaired) electrons. The number of carbonyl (C=O) groups is 1. The zero-order valence-electron chi connectivity index (χ0n) is 12.0. The summed E-state index contributed by atoms with van der Waals surface area (Å²) in [6, 6.07) is 4.71. The molecule has 2 amide bonds. The van der Waals surface area contributed by atoms with Gasteiger partial charge in [-0.2, -0.15) is 0 Å². The van der Waals surface area contributed by atoms with Crippen LogP contribution in [0.1, 0.15) is 12.8 Å². The molecular formula is C15H20FN3O2. The smallest absolute Gasteiger partial charge is 0.321 e. The minimum Gasteiger partial charge on any atom is -0.378 e. The first-order valence-corrected chi connectivity index (χ1v) is 7.42. The predicted octanol–water partition coefficient (Wildman–Crippen LogP) is 2.29. The van der Waals surface area contributed by atoms with Crippen molar-refractivity contribution in [1.82, 2.24) is 4.90 Å². The second kappa shape index (κ2) is 6.30. The molecule has 0 unspecified atom stereocenters. The summed E-state index contributed by atoms with van der Waals surface area (Å²) in [6.45, 7) is 4.17. The van der Waals surface area contributed by atoms with Crippen LogP contribution in [-0.2, 0) is 4.74 Å². The molecule has 0 aliphatic carbocycles. The van der Waals surface area contributed by atoms with Gasteiger partial charge in [-0.1, -0.05) is 0 Å². The predicted molar refractivity (Wildman–Crippen MR) is 79.3 cm³/mol. The molecule has 0 saturated carbocycles. The van der Waals surface area contributed by atoms with Crippen molar-refractivity contribution >= 4 is 17.4 Å². The van der Waals surface area contributed by atoms with Gasteiger partial charge in [-0.15, -0.1) is 0 Å². The van der Waals surface area contributed by atoms with Crippen molar-refractivity contribution in [3.8, 4) is 0 Å². The molecule has 5 nitrogen and oxygen atoms in total. The van der Waals surface area contributed by atoms with Crippen molar-refractivity contribution in [3.05, 3.63) is 24.0 Å². The molecule has 2 saturated heterocycles. The molecular weight excluding hydrogens is 273 g/mol. The minimum absolute atomic E-state index is 0.147. The number of halogens is 1. The molecule has 2 aliphatic rings. The minimum atomic E-state index is -0.309. The number of hydrogen-bond acceptors (Lipinski definition) is 3. The lowest BCUT2D eigenvalue weighted by atomic mass is 10.2. The summed E-state index contributed by atoms with van der Waals surface area (Å²) in [5, 5.41) is 2.76. The molecule has 0 aromatic heterocycles. The molecule has 3 rings (SSSR count). The number of morpholine rings is 1. The largest absolute Gasteiger partial charge is 0.378 e. The van der Waals surface area contributed by atoms with Crippen LogP contribution >= 0.6 is 0 Å². The Bertz CT molecular complexity index is 512. The third kappa shape index (κ3) is 3.26. The van der Waals surface area contributed by atoms with Crippen molar-refractivity contribution in [2.45, 2.75) is 12.8 Å². The summed E-state index contributed by atoms with van der Waals surface area (Å²) in [7, 11) is 0. The third-order valence-electron chi connectivity index (χ3n) is 3.94. The summed E-state index contributed by atoms with van der Waals surface area (Å²) >= 11 is 0. The number of nitrogens with one attached hydrogen (secondary N) is 1. The molecule has 1 N–H and O–H groups in total. The number of urea groups is 1. The zero-order chi connectivity index (χ0) is 14.7. The highest BCUT2D eigenvalue weighted by molar-refractivity contribution is 5.89. The maximum absolute atomic E-state index is 14.2. The van der Waals surface area contributed by atoms with E-state index < -0.39 is 0 Å². The number of benzene rings is 1. The maximum atomic E-state index is 14.2. The standard InChI is InChI=1S/C15H20FN3O2/c16-13-11-12(17-15(20)19-5-1-2-6-19)3-4-14(13)18-7-9-21-10-8-18/h3-4,11H,1-2,5-10H2,(H,17,20). The second-order valence-corrected chi connectivity index (χ2v) is 5.39. The van der Waals surface area contributed by atoms with E-state index in [9.17, 15) is 9.18 Å². The lowest BCUT2D eigenvalue weighted by Crippen LogP contribution is -2.36. The molecule has 114 valence electrons. The van der Waals surface area contributed by atoms with Gasteiger partial charge in [0.15, 0.2) is 0 Å². The van der Waals surface area contributed by atoms with Crippen molar-refractivity contribution < 1.29 is 13.9 Å².